The molecule has 1 aromatic carbocycles. The minimum absolute atomic E-state index is 0.0559. The third-order valence-electron chi connectivity index (χ3n) is 2.65. The Balaban J connectivity index is 2.22. The van der Waals surface area contributed by atoms with Gasteiger partial charge < -0.3 is 9.15 Å². The Hall–Kier alpha value is -1.55. The van der Waals surface area contributed by atoms with Gasteiger partial charge in [-0.2, -0.15) is 0 Å². The molecule has 0 aliphatic carbocycles. The number of halogens is 1. The number of carbonyl (C=O) groups excluding carboxylic acids is 1. The molecule has 0 amide bonds. The van der Waals surface area contributed by atoms with Gasteiger partial charge in [-0.15, -0.1) is 0 Å². The molecule has 4 heteroatoms. The summed E-state index contributed by atoms with van der Waals surface area (Å²) in [5.74, 6) is 1.42. The zero-order valence-corrected chi connectivity index (χ0v) is 12.5. The molecule has 0 aliphatic rings. The van der Waals surface area contributed by atoms with Crippen molar-refractivity contribution in [2.24, 2.45) is 0 Å². The average molecular weight is 323 g/mol. The van der Waals surface area contributed by atoms with Gasteiger partial charge in [-0.25, -0.2) is 0 Å². The molecule has 0 saturated heterocycles. The highest BCUT2D eigenvalue weighted by atomic mass is 79.9. The van der Waals surface area contributed by atoms with E-state index >= 15 is 0 Å². The van der Waals surface area contributed by atoms with Crippen molar-refractivity contribution in [2.45, 2.75) is 20.3 Å². The van der Waals surface area contributed by atoms with Crippen LogP contribution in [0.15, 0.2) is 39.4 Å². The molecule has 19 heavy (non-hydrogen) atoms. The van der Waals surface area contributed by atoms with Crippen LogP contribution >= 0.6 is 15.9 Å². The van der Waals surface area contributed by atoms with Crippen molar-refractivity contribution < 1.29 is 13.9 Å². The smallest absolute Gasteiger partial charge is 0.196 e. The summed E-state index contributed by atoms with van der Waals surface area (Å²) in [6.07, 6.45) is 2.43. The van der Waals surface area contributed by atoms with Gasteiger partial charge in [0, 0.05) is 5.56 Å². The van der Waals surface area contributed by atoms with E-state index in [1.807, 2.05) is 13.8 Å². The Labute approximate surface area is 120 Å². The van der Waals surface area contributed by atoms with Crippen LogP contribution in [0.1, 0.15) is 35.0 Å². The molecular weight excluding hydrogens is 308 g/mol. The molecule has 2 rings (SSSR count). The standard InChI is InChI=1S/C15H15BrO3/c1-3-6-18-14-5-4-11(8-13(14)16)15(17)12-7-10(2)19-9-12/h4-5,7-9H,3,6H2,1-2H3. The number of hydrogen-bond donors (Lipinski definition) is 0. The molecular formula is C15H15BrO3. The van der Waals surface area contributed by atoms with E-state index in [1.54, 1.807) is 24.3 Å². The van der Waals surface area contributed by atoms with E-state index in [0.29, 0.717) is 17.7 Å². The largest absolute Gasteiger partial charge is 0.492 e. The number of carbonyl (C=O) groups is 1. The van der Waals surface area contributed by atoms with Crippen LogP contribution in [0.5, 0.6) is 5.75 Å². The summed E-state index contributed by atoms with van der Waals surface area (Å²) < 4.78 is 11.5. The van der Waals surface area contributed by atoms with E-state index in [4.69, 9.17) is 9.15 Å². The first kappa shape index (κ1) is 13.9. The number of ketones is 1. The second-order valence-corrected chi connectivity index (χ2v) is 5.12. The molecule has 0 atom stereocenters. The van der Waals surface area contributed by atoms with Crippen LogP contribution in [-0.4, -0.2) is 12.4 Å². The fourth-order valence-electron chi connectivity index (χ4n) is 1.70. The highest BCUT2D eigenvalue weighted by Crippen LogP contribution is 2.27. The number of furan rings is 1. The Morgan fingerprint density at radius 2 is 2.11 bits per heavy atom. The average Bonchev–Trinajstić information content (AvgIpc) is 2.83. The van der Waals surface area contributed by atoms with Gasteiger partial charge in [0.1, 0.15) is 17.8 Å². The first-order chi connectivity index (χ1) is 9.11. The topological polar surface area (TPSA) is 39.4 Å². The summed E-state index contributed by atoms with van der Waals surface area (Å²) in [7, 11) is 0. The Kier molecular flexibility index (Phi) is 4.43. The fraction of sp³-hybridized carbons (Fsp3) is 0.267. The van der Waals surface area contributed by atoms with Crippen LogP contribution in [0.2, 0.25) is 0 Å². The van der Waals surface area contributed by atoms with Crippen molar-refractivity contribution in [1.82, 2.24) is 0 Å². The third kappa shape index (κ3) is 3.26. The zero-order valence-electron chi connectivity index (χ0n) is 10.9. The molecule has 100 valence electrons. The zero-order chi connectivity index (χ0) is 13.8. The van der Waals surface area contributed by atoms with Crippen LogP contribution in [0.25, 0.3) is 0 Å². The number of hydrogen-bond acceptors (Lipinski definition) is 3. The molecule has 3 nitrogen and oxygen atoms in total. The minimum Gasteiger partial charge on any atom is -0.492 e. The lowest BCUT2D eigenvalue weighted by Gasteiger charge is -2.08. The van der Waals surface area contributed by atoms with E-state index in [-0.39, 0.29) is 5.78 Å². The predicted octanol–water partition coefficient (Wildman–Crippen LogP) is 4.37. The molecule has 1 heterocycles. The van der Waals surface area contributed by atoms with Crippen LogP contribution in [-0.2, 0) is 0 Å². The molecule has 1 aromatic heterocycles. The third-order valence-corrected chi connectivity index (χ3v) is 3.27. The highest BCUT2D eigenvalue weighted by Gasteiger charge is 2.13. The second-order valence-electron chi connectivity index (χ2n) is 4.27. The summed E-state index contributed by atoms with van der Waals surface area (Å²) >= 11 is 3.42. The van der Waals surface area contributed by atoms with Crippen LogP contribution in [0.4, 0.5) is 0 Å². The fourth-order valence-corrected chi connectivity index (χ4v) is 2.19. The van der Waals surface area contributed by atoms with E-state index in [0.717, 1.165) is 22.4 Å². The van der Waals surface area contributed by atoms with Gasteiger partial charge in [-0.1, -0.05) is 6.92 Å². The van der Waals surface area contributed by atoms with Crippen molar-refractivity contribution >= 4 is 21.7 Å². The van der Waals surface area contributed by atoms with E-state index < -0.39 is 0 Å². The molecule has 0 unspecified atom stereocenters. The lowest BCUT2D eigenvalue weighted by molar-refractivity contribution is 0.103. The van der Waals surface area contributed by atoms with Crippen molar-refractivity contribution in [3.8, 4) is 5.75 Å². The van der Waals surface area contributed by atoms with Gasteiger partial charge in [0.15, 0.2) is 5.78 Å². The molecule has 0 aliphatic heterocycles. The first-order valence-electron chi connectivity index (χ1n) is 6.14. The van der Waals surface area contributed by atoms with Crippen molar-refractivity contribution in [2.75, 3.05) is 6.61 Å². The van der Waals surface area contributed by atoms with Crippen LogP contribution < -0.4 is 4.74 Å². The quantitative estimate of drug-likeness (QED) is 0.767. The van der Waals surface area contributed by atoms with E-state index in [9.17, 15) is 4.79 Å². The maximum atomic E-state index is 12.2. The van der Waals surface area contributed by atoms with E-state index in [2.05, 4.69) is 15.9 Å². The summed E-state index contributed by atoms with van der Waals surface area (Å²) in [6, 6.07) is 7.08. The van der Waals surface area contributed by atoms with Crippen molar-refractivity contribution in [3.05, 3.63) is 51.9 Å². The highest BCUT2D eigenvalue weighted by molar-refractivity contribution is 9.10. The number of benzene rings is 1. The van der Waals surface area contributed by atoms with E-state index in [1.165, 1.54) is 6.26 Å². The number of aryl methyl sites for hydroxylation is 1. The molecule has 0 bridgehead atoms. The molecule has 0 fully saturated rings. The second kappa shape index (κ2) is 6.06. The lowest BCUT2D eigenvalue weighted by Crippen LogP contribution is -2.01. The summed E-state index contributed by atoms with van der Waals surface area (Å²) in [6.45, 7) is 4.52. The monoisotopic (exact) mass is 322 g/mol. The number of ether oxygens (including phenoxy) is 1. The summed E-state index contributed by atoms with van der Waals surface area (Å²) in [5, 5.41) is 0. The van der Waals surface area contributed by atoms with Crippen LogP contribution in [0, 0.1) is 6.92 Å². The van der Waals surface area contributed by atoms with Crippen molar-refractivity contribution in [1.29, 1.82) is 0 Å². The maximum Gasteiger partial charge on any atom is 0.196 e. The normalized spacial score (nSPS) is 10.5. The summed E-state index contributed by atoms with van der Waals surface area (Å²) in [5.41, 5.74) is 1.17. The predicted molar refractivity (Wildman–Crippen MR) is 76.8 cm³/mol. The van der Waals surface area contributed by atoms with Gasteiger partial charge in [0.25, 0.3) is 0 Å². The Morgan fingerprint density at radius 3 is 2.68 bits per heavy atom. The van der Waals surface area contributed by atoms with Gasteiger partial charge in [0.2, 0.25) is 0 Å². The molecule has 2 aromatic rings. The van der Waals surface area contributed by atoms with Gasteiger partial charge in [-0.3, -0.25) is 4.79 Å². The number of rotatable bonds is 5. The molecule has 0 saturated carbocycles. The van der Waals surface area contributed by atoms with Gasteiger partial charge in [0.05, 0.1) is 16.6 Å². The molecule has 0 N–H and O–H groups in total. The minimum atomic E-state index is -0.0559. The maximum absolute atomic E-state index is 12.2. The SMILES string of the molecule is CCCOc1ccc(C(=O)c2coc(C)c2)cc1Br. The molecule has 0 spiro atoms. The Morgan fingerprint density at radius 1 is 1.32 bits per heavy atom. The summed E-state index contributed by atoms with van der Waals surface area (Å²) in [4.78, 5) is 12.2. The molecule has 0 radical (unpaired) electrons. The Bertz CT molecular complexity index is 587. The first-order valence-corrected chi connectivity index (χ1v) is 6.93. The van der Waals surface area contributed by atoms with Gasteiger partial charge in [-0.05, 0) is 53.5 Å². The van der Waals surface area contributed by atoms with Gasteiger partial charge >= 0.3 is 0 Å². The lowest BCUT2D eigenvalue weighted by atomic mass is 10.1. The van der Waals surface area contributed by atoms with Crippen LogP contribution in [0.3, 0.4) is 0 Å². The van der Waals surface area contributed by atoms with Crippen molar-refractivity contribution in [3.63, 3.8) is 0 Å².